The van der Waals surface area contributed by atoms with Gasteiger partial charge in [-0.3, -0.25) is 14.5 Å². The maximum Gasteiger partial charge on any atom is 0.300 e. The van der Waals surface area contributed by atoms with Crippen molar-refractivity contribution < 1.29 is 24.2 Å². The molecule has 1 aliphatic rings. The molecular weight excluding hydrogens is 510 g/mol. The van der Waals surface area contributed by atoms with E-state index in [2.05, 4.69) is 15.9 Å². The fourth-order valence-electron chi connectivity index (χ4n) is 4.19. The standard InChI is InChI=1S/C28H26BrNO5/c1-16(2)35-20-12-10-19(11-13-20)30-25(21-7-5-6-8-23(21)34-4)24(27(32)28(30)33)26(31)18-9-14-22(29)17(3)15-18/h5-16,25,31H,1-4H3/b26-24+. The molecule has 1 aliphatic heterocycles. The summed E-state index contributed by atoms with van der Waals surface area (Å²) in [7, 11) is 1.53. The summed E-state index contributed by atoms with van der Waals surface area (Å²) in [5.74, 6) is -0.575. The van der Waals surface area contributed by atoms with Gasteiger partial charge in [-0.25, -0.2) is 0 Å². The average molecular weight is 536 g/mol. The maximum atomic E-state index is 13.4. The molecule has 0 saturated carbocycles. The number of anilines is 1. The highest BCUT2D eigenvalue weighted by Crippen LogP contribution is 2.45. The zero-order valence-corrected chi connectivity index (χ0v) is 21.5. The van der Waals surface area contributed by atoms with Crippen LogP contribution in [-0.4, -0.2) is 30.0 Å². The van der Waals surface area contributed by atoms with Crippen LogP contribution in [-0.2, 0) is 9.59 Å². The number of Topliss-reactive ketones (excluding diaryl/α,β-unsaturated/α-hetero) is 1. The fraction of sp³-hybridized carbons (Fsp3) is 0.214. The van der Waals surface area contributed by atoms with E-state index in [1.165, 1.54) is 12.0 Å². The largest absolute Gasteiger partial charge is 0.507 e. The molecule has 0 aromatic heterocycles. The van der Waals surface area contributed by atoms with E-state index in [0.717, 1.165) is 10.0 Å². The summed E-state index contributed by atoms with van der Waals surface area (Å²) in [6.45, 7) is 5.74. The Balaban J connectivity index is 1.92. The van der Waals surface area contributed by atoms with Gasteiger partial charge in [0.1, 0.15) is 17.3 Å². The van der Waals surface area contributed by atoms with Crippen LogP contribution >= 0.6 is 15.9 Å². The third-order valence-electron chi connectivity index (χ3n) is 5.80. The van der Waals surface area contributed by atoms with Crippen molar-refractivity contribution in [2.75, 3.05) is 12.0 Å². The molecular formula is C28H26BrNO5. The van der Waals surface area contributed by atoms with E-state index in [9.17, 15) is 14.7 Å². The van der Waals surface area contributed by atoms with Gasteiger partial charge < -0.3 is 14.6 Å². The molecule has 3 aromatic carbocycles. The van der Waals surface area contributed by atoms with Crippen molar-refractivity contribution in [3.05, 3.63) is 93.5 Å². The predicted octanol–water partition coefficient (Wildman–Crippen LogP) is 6.18. The van der Waals surface area contributed by atoms with Crippen molar-refractivity contribution in [2.45, 2.75) is 32.9 Å². The Kier molecular flexibility index (Phi) is 6.98. The zero-order chi connectivity index (χ0) is 25.3. The van der Waals surface area contributed by atoms with Crippen molar-refractivity contribution in [3.63, 3.8) is 0 Å². The molecule has 0 radical (unpaired) electrons. The van der Waals surface area contributed by atoms with Gasteiger partial charge in [-0.05, 0) is 68.8 Å². The monoisotopic (exact) mass is 535 g/mol. The highest BCUT2D eigenvalue weighted by Gasteiger charge is 2.47. The number of halogens is 1. The Morgan fingerprint density at radius 2 is 1.71 bits per heavy atom. The number of rotatable bonds is 6. The molecule has 0 bridgehead atoms. The van der Waals surface area contributed by atoms with Gasteiger partial charge in [-0.15, -0.1) is 0 Å². The van der Waals surface area contributed by atoms with Crippen molar-refractivity contribution in [1.82, 2.24) is 0 Å². The third-order valence-corrected chi connectivity index (χ3v) is 6.69. The van der Waals surface area contributed by atoms with E-state index in [-0.39, 0.29) is 17.4 Å². The molecule has 180 valence electrons. The van der Waals surface area contributed by atoms with Crippen molar-refractivity contribution in [2.24, 2.45) is 0 Å². The minimum absolute atomic E-state index is 0.00183. The number of para-hydroxylation sites is 1. The number of carbonyl (C=O) groups is 2. The first kappa shape index (κ1) is 24.5. The van der Waals surface area contributed by atoms with Gasteiger partial charge in [-0.2, -0.15) is 0 Å². The van der Waals surface area contributed by atoms with E-state index in [1.807, 2.05) is 26.8 Å². The number of ether oxygens (including phenoxy) is 2. The Bertz CT molecular complexity index is 1310. The molecule has 0 aliphatic carbocycles. The number of nitrogens with zero attached hydrogens (tertiary/aromatic N) is 1. The van der Waals surface area contributed by atoms with Gasteiger partial charge in [0.05, 0.1) is 24.8 Å². The van der Waals surface area contributed by atoms with Crippen LogP contribution < -0.4 is 14.4 Å². The lowest BCUT2D eigenvalue weighted by Crippen LogP contribution is -2.29. The summed E-state index contributed by atoms with van der Waals surface area (Å²) in [6.07, 6.45) is -0.00183. The first-order valence-corrected chi connectivity index (χ1v) is 12.0. The van der Waals surface area contributed by atoms with Gasteiger partial charge in [0.2, 0.25) is 0 Å². The van der Waals surface area contributed by atoms with Crippen LogP contribution in [0.3, 0.4) is 0 Å². The summed E-state index contributed by atoms with van der Waals surface area (Å²) in [5.41, 5.74) is 2.43. The highest BCUT2D eigenvalue weighted by molar-refractivity contribution is 9.10. The smallest absolute Gasteiger partial charge is 0.300 e. The van der Waals surface area contributed by atoms with E-state index in [0.29, 0.717) is 28.3 Å². The molecule has 4 rings (SSSR count). The Morgan fingerprint density at radius 1 is 1.03 bits per heavy atom. The van der Waals surface area contributed by atoms with Gasteiger partial charge in [0, 0.05) is 21.3 Å². The number of amides is 1. The second-order valence-corrected chi connectivity index (χ2v) is 9.39. The lowest BCUT2D eigenvalue weighted by atomic mass is 9.94. The first-order valence-electron chi connectivity index (χ1n) is 11.2. The Labute approximate surface area is 212 Å². The zero-order valence-electron chi connectivity index (χ0n) is 19.9. The van der Waals surface area contributed by atoms with Crippen LogP contribution in [0.1, 0.15) is 36.6 Å². The van der Waals surface area contributed by atoms with Gasteiger partial charge in [0.25, 0.3) is 11.7 Å². The number of aliphatic hydroxyl groups excluding tert-OH is 1. The van der Waals surface area contributed by atoms with Crippen LogP contribution in [0.25, 0.3) is 5.76 Å². The van der Waals surface area contributed by atoms with E-state index in [1.54, 1.807) is 60.7 Å². The lowest BCUT2D eigenvalue weighted by molar-refractivity contribution is -0.132. The summed E-state index contributed by atoms with van der Waals surface area (Å²) in [4.78, 5) is 28.1. The third kappa shape index (κ3) is 4.68. The minimum Gasteiger partial charge on any atom is -0.507 e. The first-order chi connectivity index (χ1) is 16.7. The minimum atomic E-state index is -0.882. The van der Waals surface area contributed by atoms with E-state index < -0.39 is 17.7 Å². The molecule has 3 aromatic rings. The fourth-order valence-corrected chi connectivity index (χ4v) is 4.44. The summed E-state index contributed by atoms with van der Waals surface area (Å²) >= 11 is 3.46. The molecule has 1 amide bonds. The molecule has 1 unspecified atom stereocenters. The van der Waals surface area contributed by atoms with Gasteiger partial charge in [-0.1, -0.05) is 40.2 Å². The predicted molar refractivity (Wildman–Crippen MR) is 139 cm³/mol. The summed E-state index contributed by atoms with van der Waals surface area (Å²) in [5, 5.41) is 11.3. The van der Waals surface area contributed by atoms with Crippen LogP contribution in [0.15, 0.2) is 76.8 Å². The lowest BCUT2D eigenvalue weighted by Gasteiger charge is -2.27. The molecule has 1 heterocycles. The quantitative estimate of drug-likeness (QED) is 0.231. The Morgan fingerprint density at radius 3 is 2.34 bits per heavy atom. The molecule has 1 saturated heterocycles. The molecule has 35 heavy (non-hydrogen) atoms. The van der Waals surface area contributed by atoms with Crippen molar-refractivity contribution in [3.8, 4) is 11.5 Å². The topological polar surface area (TPSA) is 76.1 Å². The number of carbonyl (C=O) groups excluding carboxylic acids is 2. The van der Waals surface area contributed by atoms with Crippen LogP contribution in [0, 0.1) is 6.92 Å². The van der Waals surface area contributed by atoms with Gasteiger partial charge >= 0.3 is 0 Å². The molecule has 1 N–H and O–H groups in total. The van der Waals surface area contributed by atoms with Gasteiger partial charge in [0.15, 0.2) is 0 Å². The second-order valence-electron chi connectivity index (χ2n) is 8.54. The van der Waals surface area contributed by atoms with E-state index >= 15 is 0 Å². The van der Waals surface area contributed by atoms with Crippen molar-refractivity contribution >= 4 is 39.1 Å². The van der Waals surface area contributed by atoms with E-state index in [4.69, 9.17) is 9.47 Å². The SMILES string of the molecule is COc1ccccc1C1/C(=C(\O)c2ccc(Br)c(C)c2)C(=O)C(=O)N1c1ccc(OC(C)C)cc1. The maximum absolute atomic E-state index is 13.4. The molecule has 6 nitrogen and oxygen atoms in total. The highest BCUT2D eigenvalue weighted by atomic mass is 79.9. The number of methoxy groups -OCH3 is 1. The van der Waals surface area contributed by atoms with Crippen LogP contribution in [0.5, 0.6) is 11.5 Å². The molecule has 1 fully saturated rings. The average Bonchev–Trinajstić information content (AvgIpc) is 3.10. The number of hydrogen-bond acceptors (Lipinski definition) is 5. The molecule has 1 atom stereocenters. The summed E-state index contributed by atoms with van der Waals surface area (Å²) in [6, 6.07) is 18.5. The Hall–Kier alpha value is -3.58. The van der Waals surface area contributed by atoms with Crippen LogP contribution in [0.4, 0.5) is 5.69 Å². The number of aryl methyl sites for hydroxylation is 1. The normalized spacial score (nSPS) is 17.2. The van der Waals surface area contributed by atoms with Crippen LogP contribution in [0.2, 0.25) is 0 Å². The summed E-state index contributed by atoms with van der Waals surface area (Å²) < 4.78 is 12.2. The second kappa shape index (κ2) is 9.96. The van der Waals surface area contributed by atoms with Crippen molar-refractivity contribution in [1.29, 1.82) is 0 Å². The number of ketones is 1. The number of hydrogen-bond donors (Lipinski definition) is 1. The number of benzene rings is 3. The molecule has 7 heteroatoms. The number of aliphatic hydroxyl groups is 1. The molecule has 0 spiro atoms.